The first-order valence-electron chi connectivity index (χ1n) is 9.15. The van der Waals surface area contributed by atoms with Crippen LogP contribution < -0.4 is 0 Å². The van der Waals surface area contributed by atoms with Crippen molar-refractivity contribution in [2.75, 3.05) is 7.11 Å². The smallest absolute Gasteiger partial charge is 0.439 e. The van der Waals surface area contributed by atoms with Gasteiger partial charge in [0.25, 0.3) is 0 Å². The molecule has 0 aromatic carbocycles. The Morgan fingerprint density at radius 1 is 0.655 bits per heavy atom. The molecule has 0 N–H and O–H groups in total. The van der Waals surface area contributed by atoms with E-state index < -0.39 is 47.1 Å². The van der Waals surface area contributed by atoms with Gasteiger partial charge in [-0.1, -0.05) is 0 Å². The molecule has 0 rings (SSSR count). The summed E-state index contributed by atoms with van der Waals surface area (Å²) < 4.78 is 20.4. The van der Waals surface area contributed by atoms with Crippen molar-refractivity contribution in [2.24, 2.45) is 0 Å². The van der Waals surface area contributed by atoms with Crippen LogP contribution in [0.5, 0.6) is 0 Å². The summed E-state index contributed by atoms with van der Waals surface area (Å²) in [7, 11) is 1.11. The fourth-order valence-corrected chi connectivity index (χ4v) is 1.85. The number of esters is 1. The Morgan fingerprint density at radius 2 is 0.966 bits per heavy atom. The standard InChI is InChI=1S/C19H34N2O8/c1-12(13(22)26-11)20(14(23)27-17(2,3)4)21(15(24)28-18(5,6)7)16(25)29-19(8,9)10/h12H,1-11H3. The zero-order valence-electron chi connectivity index (χ0n) is 19.2. The molecule has 10 heteroatoms. The van der Waals surface area contributed by atoms with E-state index in [1.165, 1.54) is 6.92 Å². The lowest BCUT2D eigenvalue weighted by Crippen LogP contribution is -2.60. The van der Waals surface area contributed by atoms with Gasteiger partial charge >= 0.3 is 24.2 Å². The number of hydrogen-bond donors (Lipinski definition) is 0. The van der Waals surface area contributed by atoms with Crippen molar-refractivity contribution in [3.8, 4) is 0 Å². The van der Waals surface area contributed by atoms with Gasteiger partial charge in [-0.2, -0.15) is 5.01 Å². The van der Waals surface area contributed by atoms with Gasteiger partial charge in [-0.25, -0.2) is 19.2 Å². The molecule has 0 aliphatic heterocycles. The third-order valence-electron chi connectivity index (χ3n) is 2.84. The zero-order valence-corrected chi connectivity index (χ0v) is 19.2. The van der Waals surface area contributed by atoms with Gasteiger partial charge in [0.2, 0.25) is 0 Å². The molecule has 0 fully saturated rings. The van der Waals surface area contributed by atoms with Crippen LogP contribution in [-0.4, -0.2) is 64.2 Å². The van der Waals surface area contributed by atoms with Crippen LogP contribution in [0.1, 0.15) is 69.2 Å². The summed E-state index contributed by atoms with van der Waals surface area (Å²) in [5.74, 6) is -0.882. The van der Waals surface area contributed by atoms with Gasteiger partial charge in [-0.3, -0.25) is 0 Å². The van der Waals surface area contributed by atoms with Crippen LogP contribution in [0, 0.1) is 0 Å². The maximum atomic E-state index is 12.8. The highest BCUT2D eigenvalue weighted by atomic mass is 16.6. The zero-order chi connectivity index (χ0) is 23.4. The minimum absolute atomic E-state index is 0.312. The first-order valence-corrected chi connectivity index (χ1v) is 9.15. The lowest BCUT2D eigenvalue weighted by atomic mass is 10.2. The topological polar surface area (TPSA) is 112 Å². The Bertz CT molecular complexity index is 598. The molecule has 0 aliphatic rings. The van der Waals surface area contributed by atoms with Crippen LogP contribution in [0.3, 0.4) is 0 Å². The van der Waals surface area contributed by atoms with Gasteiger partial charge in [-0.05, 0) is 69.2 Å². The predicted octanol–water partition coefficient (Wildman–Crippen LogP) is 3.87. The summed E-state index contributed by atoms with van der Waals surface area (Å²) in [4.78, 5) is 50.6. The Hall–Kier alpha value is -2.52. The van der Waals surface area contributed by atoms with Crippen LogP contribution in [0.2, 0.25) is 0 Å². The predicted molar refractivity (Wildman–Crippen MR) is 104 cm³/mol. The Kier molecular flexibility index (Phi) is 8.51. The van der Waals surface area contributed by atoms with E-state index in [2.05, 4.69) is 4.74 Å². The summed E-state index contributed by atoms with van der Waals surface area (Å²) in [6.45, 7) is 15.6. The summed E-state index contributed by atoms with van der Waals surface area (Å²) >= 11 is 0. The molecule has 168 valence electrons. The van der Waals surface area contributed by atoms with Crippen molar-refractivity contribution in [3.63, 3.8) is 0 Å². The SMILES string of the molecule is COC(=O)C(C)N(C(=O)OC(C)(C)C)N(C(=O)OC(C)(C)C)C(=O)OC(C)(C)C. The van der Waals surface area contributed by atoms with Crippen LogP contribution >= 0.6 is 0 Å². The van der Waals surface area contributed by atoms with Crippen molar-refractivity contribution >= 4 is 24.2 Å². The molecule has 0 aromatic rings. The van der Waals surface area contributed by atoms with Crippen LogP contribution in [-0.2, 0) is 23.7 Å². The number of carbonyl (C=O) groups excluding carboxylic acids is 4. The lowest BCUT2D eigenvalue weighted by Gasteiger charge is -2.37. The molecule has 1 atom stereocenters. The molecule has 29 heavy (non-hydrogen) atoms. The Balaban J connectivity index is 6.35. The van der Waals surface area contributed by atoms with E-state index in [0.717, 1.165) is 7.11 Å². The van der Waals surface area contributed by atoms with Gasteiger partial charge in [0, 0.05) is 0 Å². The van der Waals surface area contributed by atoms with Gasteiger partial charge in [0.1, 0.15) is 16.8 Å². The van der Waals surface area contributed by atoms with Crippen molar-refractivity contribution in [1.29, 1.82) is 0 Å². The fourth-order valence-electron chi connectivity index (χ4n) is 1.85. The molecule has 0 bridgehead atoms. The van der Waals surface area contributed by atoms with Crippen molar-refractivity contribution in [3.05, 3.63) is 0 Å². The average molecular weight is 418 g/mol. The molecule has 0 radical (unpaired) electrons. The highest BCUT2D eigenvalue weighted by molar-refractivity contribution is 5.92. The van der Waals surface area contributed by atoms with Gasteiger partial charge in [-0.15, -0.1) is 5.01 Å². The quantitative estimate of drug-likeness (QED) is 0.377. The van der Waals surface area contributed by atoms with E-state index in [-0.39, 0.29) is 0 Å². The second kappa shape index (κ2) is 9.32. The molecule has 0 saturated carbocycles. The Morgan fingerprint density at radius 3 is 1.24 bits per heavy atom. The number of hydrogen-bond acceptors (Lipinski definition) is 8. The number of ether oxygens (including phenoxy) is 4. The summed E-state index contributed by atoms with van der Waals surface area (Å²) in [6.07, 6.45) is -3.56. The molecule has 3 amide bonds. The highest BCUT2D eigenvalue weighted by Crippen LogP contribution is 2.21. The summed E-state index contributed by atoms with van der Waals surface area (Å²) in [6, 6.07) is -1.39. The van der Waals surface area contributed by atoms with Gasteiger partial charge < -0.3 is 18.9 Å². The van der Waals surface area contributed by atoms with Crippen molar-refractivity contribution in [1.82, 2.24) is 10.0 Å². The normalized spacial score (nSPS) is 13.1. The second-order valence-electron chi connectivity index (χ2n) is 9.30. The largest absolute Gasteiger partial charge is 0.467 e. The number of carbonyl (C=O) groups is 4. The molecular weight excluding hydrogens is 384 g/mol. The second-order valence-corrected chi connectivity index (χ2v) is 9.30. The van der Waals surface area contributed by atoms with Crippen molar-refractivity contribution in [2.45, 2.75) is 92.1 Å². The number of amides is 3. The number of hydrazine groups is 1. The van der Waals surface area contributed by atoms with E-state index in [1.807, 2.05) is 0 Å². The monoisotopic (exact) mass is 418 g/mol. The first-order chi connectivity index (χ1) is 12.8. The minimum atomic E-state index is -1.39. The average Bonchev–Trinajstić information content (AvgIpc) is 2.45. The molecule has 10 nitrogen and oxygen atoms in total. The number of rotatable bonds is 2. The lowest BCUT2D eigenvalue weighted by molar-refractivity contribution is -0.152. The van der Waals surface area contributed by atoms with Crippen LogP contribution in [0.15, 0.2) is 0 Å². The van der Waals surface area contributed by atoms with Crippen molar-refractivity contribution < 1.29 is 38.1 Å². The molecule has 0 aromatic heterocycles. The first kappa shape index (κ1) is 26.5. The molecule has 0 saturated heterocycles. The Labute approximate surface area is 172 Å². The molecule has 1 unspecified atom stereocenters. The van der Waals surface area contributed by atoms with Crippen LogP contribution in [0.4, 0.5) is 14.4 Å². The van der Waals surface area contributed by atoms with Gasteiger partial charge in [0.05, 0.1) is 7.11 Å². The van der Waals surface area contributed by atoms with Crippen LogP contribution in [0.25, 0.3) is 0 Å². The summed E-state index contributed by atoms with van der Waals surface area (Å²) in [5.41, 5.74) is -2.96. The molecule has 0 spiro atoms. The highest BCUT2D eigenvalue weighted by Gasteiger charge is 2.44. The molecule has 0 aliphatic carbocycles. The number of imide groups is 1. The third kappa shape index (κ3) is 9.49. The van der Waals surface area contributed by atoms with E-state index >= 15 is 0 Å². The summed E-state index contributed by atoms with van der Waals surface area (Å²) in [5, 5.41) is 0.839. The number of nitrogens with zero attached hydrogens (tertiary/aromatic N) is 2. The molecular formula is C19H34N2O8. The van der Waals surface area contributed by atoms with E-state index in [9.17, 15) is 19.2 Å². The minimum Gasteiger partial charge on any atom is -0.467 e. The number of methoxy groups -OCH3 is 1. The van der Waals surface area contributed by atoms with Gasteiger partial charge in [0.15, 0.2) is 6.04 Å². The van der Waals surface area contributed by atoms with E-state index in [1.54, 1.807) is 62.3 Å². The fraction of sp³-hybridized carbons (Fsp3) is 0.789. The maximum absolute atomic E-state index is 12.8. The molecule has 0 heterocycles. The maximum Gasteiger partial charge on any atom is 0.439 e. The third-order valence-corrected chi connectivity index (χ3v) is 2.84. The van der Waals surface area contributed by atoms with E-state index in [4.69, 9.17) is 14.2 Å². The van der Waals surface area contributed by atoms with E-state index in [0.29, 0.717) is 10.0 Å².